The lowest BCUT2D eigenvalue weighted by Gasteiger charge is -2.02. The molecule has 0 atom stereocenters. The Morgan fingerprint density at radius 3 is 2.21 bits per heavy atom. The van der Waals surface area contributed by atoms with Crippen molar-refractivity contribution >= 4 is 58.2 Å². The predicted octanol–water partition coefficient (Wildman–Crippen LogP) is 5.49. The van der Waals surface area contributed by atoms with E-state index in [1.807, 2.05) is 30.3 Å². The molecule has 8 heteroatoms. The maximum atomic E-state index is 10.9. The number of nitrogens with zero attached hydrogens (tertiary/aromatic N) is 1. The quantitative estimate of drug-likeness (QED) is 0.397. The number of rotatable bonds is 5. The van der Waals surface area contributed by atoms with Crippen LogP contribution >= 0.6 is 58.2 Å². The molecule has 0 radical (unpaired) electrons. The van der Waals surface area contributed by atoms with Gasteiger partial charge in [0.05, 0.1) is 4.92 Å². The third kappa shape index (κ3) is 5.24. The summed E-state index contributed by atoms with van der Waals surface area (Å²) in [5, 5.41) is 10.5. The van der Waals surface area contributed by atoms with Gasteiger partial charge in [0.25, 0.3) is 0 Å². The number of halogens is 4. The minimum absolute atomic E-state index is 0.0716. The van der Waals surface area contributed by atoms with Gasteiger partial charge in [-0.1, -0.05) is 76.7 Å². The predicted molar refractivity (Wildman–Crippen MR) is 82.2 cm³/mol. The second-order valence-corrected chi connectivity index (χ2v) is 6.14. The van der Waals surface area contributed by atoms with E-state index < -0.39 is 15.1 Å². The molecule has 0 fully saturated rings. The maximum Gasteiger partial charge on any atom is 0.315 e. The van der Waals surface area contributed by atoms with Gasteiger partial charge in [-0.2, -0.15) is 0 Å². The second kappa shape index (κ2) is 8.02. The molecule has 102 valence electrons. The lowest BCUT2D eigenvalue weighted by molar-refractivity contribution is -0.419. The normalized spacial score (nSPS) is 11.8. The van der Waals surface area contributed by atoms with Gasteiger partial charge in [-0.25, -0.2) is 0 Å². The lowest BCUT2D eigenvalue weighted by atomic mass is 10.2. The molecule has 0 N–H and O–H groups in total. The Kier molecular flexibility index (Phi) is 7.04. The molecule has 0 saturated heterocycles. The largest absolute Gasteiger partial charge is 0.315 e. The summed E-state index contributed by atoms with van der Waals surface area (Å²) >= 11 is 23.5. The van der Waals surface area contributed by atoms with Crippen molar-refractivity contribution in [2.24, 2.45) is 0 Å². The molecule has 0 aliphatic heterocycles. The molecule has 1 aromatic carbocycles. The zero-order valence-corrected chi connectivity index (χ0v) is 13.1. The first-order valence-corrected chi connectivity index (χ1v) is 7.35. The van der Waals surface area contributed by atoms with Gasteiger partial charge in [-0.3, -0.25) is 10.1 Å². The van der Waals surface area contributed by atoms with E-state index in [1.165, 1.54) is 0 Å². The topological polar surface area (TPSA) is 43.1 Å². The van der Waals surface area contributed by atoms with Crippen LogP contribution in [0.3, 0.4) is 0 Å². The van der Waals surface area contributed by atoms with Gasteiger partial charge in [0.2, 0.25) is 0 Å². The Balaban J connectivity index is 2.93. The van der Waals surface area contributed by atoms with E-state index in [1.54, 1.807) is 0 Å². The summed E-state index contributed by atoms with van der Waals surface area (Å²) in [6.07, 6.45) is 0. The fourth-order valence-corrected chi connectivity index (χ4v) is 2.69. The molecular weight excluding hydrogens is 352 g/mol. The van der Waals surface area contributed by atoms with E-state index in [4.69, 9.17) is 46.4 Å². The zero-order valence-electron chi connectivity index (χ0n) is 9.28. The van der Waals surface area contributed by atoms with Gasteiger partial charge < -0.3 is 0 Å². The van der Waals surface area contributed by atoms with Crippen molar-refractivity contribution in [1.82, 2.24) is 0 Å². The average Bonchev–Trinajstić information content (AvgIpc) is 2.37. The lowest BCUT2D eigenvalue weighted by Crippen LogP contribution is -2.01. The van der Waals surface area contributed by atoms with Gasteiger partial charge in [0, 0.05) is 5.75 Å². The van der Waals surface area contributed by atoms with E-state index in [9.17, 15) is 10.1 Å². The van der Waals surface area contributed by atoms with Crippen LogP contribution in [0, 0.1) is 10.1 Å². The van der Waals surface area contributed by atoms with Crippen molar-refractivity contribution in [3.63, 3.8) is 0 Å². The summed E-state index contributed by atoms with van der Waals surface area (Å²) in [6, 6.07) is 9.37. The summed E-state index contributed by atoms with van der Waals surface area (Å²) in [4.78, 5) is 10.2. The first-order chi connectivity index (χ1) is 8.93. The molecule has 19 heavy (non-hydrogen) atoms. The number of nitro groups is 1. The standard InChI is InChI=1S/C11H7Cl4NO2S/c12-8(10(13)14)9(16(17)18)11(15)19-6-7-4-2-1-3-5-7/h1-5H,6H2/b11-9-. The van der Waals surface area contributed by atoms with Crippen LogP contribution in [0.1, 0.15) is 5.56 Å². The molecule has 1 aromatic rings. The van der Waals surface area contributed by atoms with Gasteiger partial charge in [-0.05, 0) is 5.56 Å². The monoisotopic (exact) mass is 357 g/mol. The molecule has 1 rings (SSSR count). The van der Waals surface area contributed by atoms with Crippen LogP contribution in [0.15, 0.2) is 49.9 Å². The Bertz CT molecular complexity index is 527. The Morgan fingerprint density at radius 1 is 1.16 bits per heavy atom. The minimum Gasteiger partial charge on any atom is -0.258 e. The first kappa shape index (κ1) is 16.7. The van der Waals surface area contributed by atoms with E-state index in [2.05, 4.69) is 0 Å². The minimum atomic E-state index is -0.715. The van der Waals surface area contributed by atoms with Crippen LogP contribution in [0.5, 0.6) is 0 Å². The van der Waals surface area contributed by atoms with Gasteiger partial charge in [0.15, 0.2) is 9.40 Å². The molecule has 3 nitrogen and oxygen atoms in total. The molecular formula is C11H7Cl4NO2S. The smallest absolute Gasteiger partial charge is 0.258 e. The molecule has 0 saturated carbocycles. The average molecular weight is 359 g/mol. The highest BCUT2D eigenvalue weighted by Gasteiger charge is 2.24. The highest BCUT2D eigenvalue weighted by Crippen LogP contribution is 2.35. The summed E-state index contributed by atoms with van der Waals surface area (Å²) in [7, 11) is 0. The molecule has 0 aliphatic rings. The SMILES string of the molecule is O=[N+]([O-])/C(C(Cl)=C(Cl)Cl)=C(/Cl)SCc1ccccc1. The van der Waals surface area contributed by atoms with Crippen molar-refractivity contribution in [2.45, 2.75) is 5.75 Å². The van der Waals surface area contributed by atoms with E-state index >= 15 is 0 Å². The van der Waals surface area contributed by atoms with Crippen LogP contribution in [-0.4, -0.2) is 4.92 Å². The highest BCUT2D eigenvalue weighted by molar-refractivity contribution is 8.03. The number of allylic oxidation sites excluding steroid dienone is 1. The summed E-state index contributed by atoms with van der Waals surface area (Å²) in [5.74, 6) is 0.473. The molecule has 0 amide bonds. The second-order valence-electron chi connectivity index (χ2n) is 3.23. The maximum absolute atomic E-state index is 10.9. The molecule has 0 unspecified atom stereocenters. The van der Waals surface area contributed by atoms with Crippen molar-refractivity contribution in [3.05, 3.63) is 65.6 Å². The Labute approximate surface area is 134 Å². The summed E-state index contributed by atoms with van der Waals surface area (Å²) in [6.45, 7) is 0. The third-order valence-corrected chi connectivity index (χ3v) is 4.32. The Hall–Kier alpha value is -0.390. The van der Waals surface area contributed by atoms with Crippen LogP contribution in [0.2, 0.25) is 0 Å². The van der Waals surface area contributed by atoms with Crippen LogP contribution in [0.25, 0.3) is 0 Å². The molecule has 0 aromatic heterocycles. The molecule has 0 spiro atoms. The van der Waals surface area contributed by atoms with Gasteiger partial charge >= 0.3 is 5.70 Å². The number of hydrogen-bond acceptors (Lipinski definition) is 3. The van der Waals surface area contributed by atoms with Gasteiger partial charge in [0.1, 0.15) is 4.49 Å². The fraction of sp³-hybridized carbons (Fsp3) is 0.0909. The third-order valence-electron chi connectivity index (χ3n) is 1.95. The van der Waals surface area contributed by atoms with E-state index in [-0.39, 0.29) is 9.40 Å². The molecule has 0 bridgehead atoms. The van der Waals surface area contributed by atoms with Crippen LogP contribution in [-0.2, 0) is 5.75 Å². The van der Waals surface area contributed by atoms with Crippen molar-refractivity contribution in [3.8, 4) is 0 Å². The molecule has 0 heterocycles. The molecule has 0 aliphatic carbocycles. The highest BCUT2D eigenvalue weighted by atomic mass is 35.5. The summed E-state index contributed by atoms with van der Waals surface area (Å²) in [5.41, 5.74) is 0.481. The van der Waals surface area contributed by atoms with Gasteiger partial charge in [-0.15, -0.1) is 11.8 Å². The van der Waals surface area contributed by atoms with Crippen LogP contribution in [0.4, 0.5) is 0 Å². The van der Waals surface area contributed by atoms with E-state index in [0.717, 1.165) is 17.3 Å². The number of benzene rings is 1. The van der Waals surface area contributed by atoms with Crippen molar-refractivity contribution < 1.29 is 4.92 Å². The summed E-state index contributed by atoms with van der Waals surface area (Å²) < 4.78 is -0.468. The first-order valence-electron chi connectivity index (χ1n) is 4.85. The van der Waals surface area contributed by atoms with Crippen molar-refractivity contribution in [1.29, 1.82) is 0 Å². The zero-order chi connectivity index (χ0) is 14.4. The fourth-order valence-electron chi connectivity index (χ4n) is 1.12. The number of thioether (sulfide) groups is 1. The number of hydrogen-bond donors (Lipinski definition) is 0. The van der Waals surface area contributed by atoms with Crippen molar-refractivity contribution in [2.75, 3.05) is 0 Å². The Morgan fingerprint density at radius 2 is 1.74 bits per heavy atom. The van der Waals surface area contributed by atoms with E-state index in [0.29, 0.717) is 5.75 Å². The van der Waals surface area contributed by atoms with Crippen LogP contribution < -0.4 is 0 Å².